The van der Waals surface area contributed by atoms with Gasteiger partial charge in [0.2, 0.25) is 0 Å². The van der Waals surface area contributed by atoms with E-state index in [4.69, 9.17) is 10.00 Å². The highest BCUT2D eigenvalue weighted by atomic mass is 16.5. The second-order valence-electron chi connectivity index (χ2n) is 4.70. The molecule has 102 valence electrons. The Kier molecular flexibility index (Phi) is 4.74. The number of nitrogens with zero attached hydrogens (tertiary/aromatic N) is 2. The third kappa shape index (κ3) is 3.67. The van der Waals surface area contributed by atoms with Gasteiger partial charge in [-0.15, -0.1) is 0 Å². The Labute approximate surface area is 112 Å². The van der Waals surface area contributed by atoms with Crippen LogP contribution in [-0.2, 0) is 0 Å². The first-order valence-corrected chi connectivity index (χ1v) is 6.41. The molecule has 0 saturated carbocycles. The van der Waals surface area contributed by atoms with Gasteiger partial charge in [-0.25, -0.2) is 0 Å². The molecule has 0 amide bonds. The number of rotatable bonds is 5. The summed E-state index contributed by atoms with van der Waals surface area (Å²) in [5, 5.41) is 27.7. The minimum atomic E-state index is -0.639. The summed E-state index contributed by atoms with van der Waals surface area (Å²) in [6.07, 6.45) is -0.486. The molecule has 0 aliphatic carbocycles. The zero-order valence-corrected chi connectivity index (χ0v) is 10.7. The van der Waals surface area contributed by atoms with Crippen LogP contribution in [0, 0.1) is 11.3 Å². The lowest BCUT2D eigenvalue weighted by Crippen LogP contribution is -2.24. The van der Waals surface area contributed by atoms with Crippen molar-refractivity contribution in [3.05, 3.63) is 29.8 Å². The largest absolute Gasteiger partial charge is 0.492 e. The summed E-state index contributed by atoms with van der Waals surface area (Å²) in [6, 6.07) is 9.23. The van der Waals surface area contributed by atoms with Gasteiger partial charge in [0.25, 0.3) is 0 Å². The Bertz CT molecular complexity index is 448. The summed E-state index contributed by atoms with van der Waals surface area (Å²) < 4.78 is 5.57. The molecule has 1 aromatic rings. The average molecular weight is 262 g/mol. The molecule has 1 heterocycles. The van der Waals surface area contributed by atoms with E-state index in [0.29, 0.717) is 31.0 Å². The fourth-order valence-electron chi connectivity index (χ4n) is 2.18. The minimum Gasteiger partial charge on any atom is -0.492 e. The molecule has 2 N–H and O–H groups in total. The SMILES string of the molecule is N#Cc1ccccc1OCCCN1CC(O)C(O)C1. The van der Waals surface area contributed by atoms with Crippen LogP contribution < -0.4 is 4.74 Å². The second kappa shape index (κ2) is 6.53. The first kappa shape index (κ1) is 13.8. The molecule has 1 fully saturated rings. The number of nitriles is 1. The van der Waals surface area contributed by atoms with E-state index in [9.17, 15) is 10.2 Å². The van der Waals surface area contributed by atoms with Crippen LogP contribution in [0.4, 0.5) is 0 Å². The van der Waals surface area contributed by atoms with E-state index in [1.807, 2.05) is 11.0 Å². The fraction of sp³-hybridized carbons (Fsp3) is 0.500. The molecule has 1 saturated heterocycles. The van der Waals surface area contributed by atoms with Crippen LogP contribution in [-0.4, -0.2) is 53.6 Å². The van der Waals surface area contributed by atoms with Crippen LogP contribution in [0.2, 0.25) is 0 Å². The van der Waals surface area contributed by atoms with Crippen molar-refractivity contribution in [1.82, 2.24) is 4.90 Å². The molecule has 1 aromatic carbocycles. The van der Waals surface area contributed by atoms with Gasteiger partial charge in [0.15, 0.2) is 0 Å². The Morgan fingerprint density at radius 2 is 1.95 bits per heavy atom. The Morgan fingerprint density at radius 3 is 2.63 bits per heavy atom. The summed E-state index contributed by atoms with van der Waals surface area (Å²) in [5.74, 6) is 0.603. The standard InChI is InChI=1S/C14H18N2O3/c15-8-11-4-1-2-5-14(11)19-7-3-6-16-9-12(17)13(18)10-16/h1-2,4-5,12-13,17-18H,3,6-7,9-10H2. The van der Waals surface area contributed by atoms with Crippen molar-refractivity contribution < 1.29 is 14.9 Å². The molecular formula is C14H18N2O3. The molecule has 1 aliphatic rings. The summed E-state index contributed by atoms with van der Waals surface area (Å²) in [7, 11) is 0. The Morgan fingerprint density at radius 1 is 1.26 bits per heavy atom. The number of hydrogen-bond acceptors (Lipinski definition) is 5. The van der Waals surface area contributed by atoms with Crippen LogP contribution in [0.25, 0.3) is 0 Å². The van der Waals surface area contributed by atoms with E-state index >= 15 is 0 Å². The number of aliphatic hydroxyl groups is 2. The number of ether oxygens (including phenoxy) is 1. The van der Waals surface area contributed by atoms with Crippen LogP contribution >= 0.6 is 0 Å². The van der Waals surface area contributed by atoms with Crippen molar-refractivity contribution in [2.24, 2.45) is 0 Å². The highest BCUT2D eigenvalue weighted by Gasteiger charge is 2.28. The molecule has 2 unspecified atom stereocenters. The zero-order chi connectivity index (χ0) is 13.7. The van der Waals surface area contributed by atoms with Crippen molar-refractivity contribution in [3.63, 3.8) is 0 Å². The van der Waals surface area contributed by atoms with Crippen molar-refractivity contribution in [2.45, 2.75) is 18.6 Å². The van der Waals surface area contributed by atoms with Crippen molar-refractivity contribution in [2.75, 3.05) is 26.2 Å². The maximum absolute atomic E-state index is 9.41. The highest BCUT2D eigenvalue weighted by molar-refractivity contribution is 5.42. The lowest BCUT2D eigenvalue weighted by atomic mass is 10.2. The molecule has 0 radical (unpaired) electrons. The topological polar surface area (TPSA) is 76.7 Å². The molecule has 0 spiro atoms. The summed E-state index contributed by atoms with van der Waals surface area (Å²) >= 11 is 0. The van der Waals surface area contributed by atoms with Crippen molar-refractivity contribution in [1.29, 1.82) is 5.26 Å². The van der Waals surface area contributed by atoms with Crippen LogP contribution in [0.5, 0.6) is 5.75 Å². The van der Waals surface area contributed by atoms with Crippen LogP contribution in [0.1, 0.15) is 12.0 Å². The van der Waals surface area contributed by atoms with Crippen molar-refractivity contribution in [3.8, 4) is 11.8 Å². The molecule has 5 nitrogen and oxygen atoms in total. The van der Waals surface area contributed by atoms with E-state index < -0.39 is 12.2 Å². The molecule has 2 rings (SSSR count). The smallest absolute Gasteiger partial charge is 0.137 e. The predicted molar refractivity (Wildman–Crippen MR) is 69.7 cm³/mol. The lowest BCUT2D eigenvalue weighted by molar-refractivity contribution is 0.0572. The molecule has 0 bridgehead atoms. The Hall–Kier alpha value is -1.61. The molecule has 5 heteroatoms. The molecule has 2 atom stereocenters. The number of likely N-dealkylation sites (tertiary alicyclic amines) is 1. The van der Waals surface area contributed by atoms with E-state index in [-0.39, 0.29) is 0 Å². The lowest BCUT2D eigenvalue weighted by Gasteiger charge is -2.14. The fourth-order valence-corrected chi connectivity index (χ4v) is 2.18. The van der Waals surface area contributed by atoms with Gasteiger partial charge >= 0.3 is 0 Å². The van der Waals surface area contributed by atoms with Gasteiger partial charge in [-0.1, -0.05) is 12.1 Å². The number of para-hydroxylation sites is 1. The molecule has 19 heavy (non-hydrogen) atoms. The Balaban J connectivity index is 1.71. The van der Waals surface area contributed by atoms with E-state index in [0.717, 1.165) is 13.0 Å². The third-order valence-electron chi connectivity index (χ3n) is 3.22. The number of aliphatic hydroxyl groups excluding tert-OH is 2. The van der Waals surface area contributed by atoms with Gasteiger partial charge in [0.1, 0.15) is 11.8 Å². The van der Waals surface area contributed by atoms with Crippen molar-refractivity contribution >= 4 is 0 Å². The minimum absolute atomic E-state index is 0.510. The number of β-amino-alcohol motifs (C(OH)–C–C–N with tert-alkyl or cyclic N) is 2. The average Bonchev–Trinajstić information content (AvgIpc) is 2.74. The van der Waals surface area contributed by atoms with Gasteiger partial charge < -0.3 is 14.9 Å². The van der Waals surface area contributed by atoms with Gasteiger partial charge in [0, 0.05) is 19.6 Å². The first-order chi connectivity index (χ1) is 9.20. The monoisotopic (exact) mass is 262 g/mol. The van der Waals surface area contributed by atoms with Crippen LogP contribution in [0.15, 0.2) is 24.3 Å². The number of benzene rings is 1. The van der Waals surface area contributed by atoms with Crippen LogP contribution in [0.3, 0.4) is 0 Å². The maximum Gasteiger partial charge on any atom is 0.137 e. The third-order valence-corrected chi connectivity index (χ3v) is 3.22. The molecular weight excluding hydrogens is 244 g/mol. The molecule has 1 aliphatic heterocycles. The van der Waals surface area contributed by atoms with E-state index in [2.05, 4.69) is 6.07 Å². The highest BCUT2D eigenvalue weighted by Crippen LogP contribution is 2.17. The first-order valence-electron chi connectivity index (χ1n) is 6.41. The predicted octanol–water partition coefficient (Wildman–Crippen LogP) is 0.365. The number of hydrogen-bond donors (Lipinski definition) is 2. The molecule has 0 aromatic heterocycles. The van der Waals surface area contributed by atoms with E-state index in [1.54, 1.807) is 18.2 Å². The maximum atomic E-state index is 9.41. The quantitative estimate of drug-likeness (QED) is 0.749. The normalized spacial score (nSPS) is 23.2. The summed E-state index contributed by atoms with van der Waals surface area (Å²) in [5.41, 5.74) is 0.537. The van der Waals surface area contributed by atoms with Gasteiger partial charge in [-0.2, -0.15) is 5.26 Å². The van der Waals surface area contributed by atoms with Gasteiger partial charge in [-0.3, -0.25) is 4.90 Å². The van der Waals surface area contributed by atoms with Gasteiger partial charge in [0.05, 0.1) is 24.4 Å². The van der Waals surface area contributed by atoms with E-state index in [1.165, 1.54) is 0 Å². The summed E-state index contributed by atoms with van der Waals surface area (Å²) in [4.78, 5) is 2.01. The zero-order valence-electron chi connectivity index (χ0n) is 10.7. The van der Waals surface area contributed by atoms with Gasteiger partial charge in [-0.05, 0) is 18.6 Å². The second-order valence-corrected chi connectivity index (χ2v) is 4.70. The summed E-state index contributed by atoms with van der Waals surface area (Å²) in [6.45, 7) is 2.30.